The van der Waals surface area contributed by atoms with Crippen molar-refractivity contribution in [2.75, 3.05) is 18.6 Å². The summed E-state index contributed by atoms with van der Waals surface area (Å²) in [5.74, 6) is -0.407. The van der Waals surface area contributed by atoms with E-state index in [0.29, 0.717) is 11.3 Å². The van der Waals surface area contributed by atoms with Crippen LogP contribution in [0.5, 0.6) is 0 Å². The van der Waals surface area contributed by atoms with Gasteiger partial charge in [-0.25, -0.2) is 4.79 Å². The Hall–Kier alpha value is -3.62. The van der Waals surface area contributed by atoms with Crippen LogP contribution in [0.25, 0.3) is 11.1 Å². The van der Waals surface area contributed by atoms with Gasteiger partial charge < -0.3 is 18.8 Å². The standard InChI is InChI=1S/C35H42BNO6/c1-22-29(36-42-34(5,6)35(7,8)43-36)18-23(20-31(38)41-33(2,3)4)19-30(22)37(9)32(39)40-21-28-26-16-12-10-14-24(26)25-15-11-13-17-27(25)28/h10-19,28H,20-21H2,1-9H3. The molecule has 0 atom stereocenters. The zero-order chi connectivity index (χ0) is 31.3. The summed E-state index contributed by atoms with van der Waals surface area (Å²) in [6, 6.07) is 20.3. The summed E-state index contributed by atoms with van der Waals surface area (Å²) >= 11 is 0. The third-order valence-electron chi connectivity index (χ3n) is 8.73. The van der Waals surface area contributed by atoms with Gasteiger partial charge in [-0.3, -0.25) is 9.69 Å². The smallest absolute Gasteiger partial charge is 0.460 e. The molecule has 2 aliphatic rings. The van der Waals surface area contributed by atoms with E-state index in [1.807, 2.05) is 91.8 Å². The first-order chi connectivity index (χ1) is 20.1. The van der Waals surface area contributed by atoms with Gasteiger partial charge in [-0.05, 0) is 100 Å². The molecule has 1 saturated heterocycles. The molecule has 0 aromatic heterocycles. The van der Waals surface area contributed by atoms with Gasteiger partial charge in [0.2, 0.25) is 0 Å². The Morgan fingerprint density at radius 2 is 1.44 bits per heavy atom. The molecule has 1 heterocycles. The van der Waals surface area contributed by atoms with Crippen molar-refractivity contribution in [2.24, 2.45) is 0 Å². The average molecular weight is 584 g/mol. The van der Waals surface area contributed by atoms with Gasteiger partial charge in [-0.15, -0.1) is 0 Å². The fraction of sp³-hybridized carbons (Fsp3) is 0.429. The van der Waals surface area contributed by atoms with Crippen molar-refractivity contribution in [3.8, 4) is 11.1 Å². The summed E-state index contributed by atoms with van der Waals surface area (Å²) in [4.78, 5) is 27.9. The van der Waals surface area contributed by atoms with E-state index in [1.165, 1.54) is 16.0 Å². The van der Waals surface area contributed by atoms with E-state index >= 15 is 0 Å². The van der Waals surface area contributed by atoms with Gasteiger partial charge >= 0.3 is 19.2 Å². The highest BCUT2D eigenvalue weighted by atomic mass is 16.7. The molecule has 8 heteroatoms. The minimum Gasteiger partial charge on any atom is -0.460 e. The summed E-state index contributed by atoms with van der Waals surface area (Å²) in [6.07, 6.45) is -0.450. The molecular weight excluding hydrogens is 541 g/mol. The lowest BCUT2D eigenvalue weighted by Crippen LogP contribution is -2.41. The van der Waals surface area contributed by atoms with E-state index in [4.69, 9.17) is 18.8 Å². The van der Waals surface area contributed by atoms with E-state index in [-0.39, 0.29) is 24.9 Å². The van der Waals surface area contributed by atoms with E-state index in [2.05, 4.69) is 24.3 Å². The maximum Gasteiger partial charge on any atom is 0.495 e. The molecule has 7 nitrogen and oxygen atoms in total. The van der Waals surface area contributed by atoms with Crippen molar-refractivity contribution in [3.63, 3.8) is 0 Å². The minimum absolute atomic E-state index is 0.0373. The highest BCUT2D eigenvalue weighted by Gasteiger charge is 2.52. The number of esters is 1. The predicted molar refractivity (Wildman–Crippen MR) is 170 cm³/mol. The number of anilines is 1. The highest BCUT2D eigenvalue weighted by molar-refractivity contribution is 6.63. The van der Waals surface area contributed by atoms with Crippen LogP contribution < -0.4 is 10.4 Å². The van der Waals surface area contributed by atoms with Crippen molar-refractivity contribution in [1.29, 1.82) is 0 Å². The Labute approximate surface area is 255 Å². The number of rotatable bonds is 6. The number of hydrogen-bond donors (Lipinski definition) is 0. The fourth-order valence-corrected chi connectivity index (χ4v) is 5.78. The van der Waals surface area contributed by atoms with Crippen LogP contribution >= 0.6 is 0 Å². The molecule has 3 aromatic carbocycles. The molecule has 43 heavy (non-hydrogen) atoms. The van der Waals surface area contributed by atoms with E-state index in [9.17, 15) is 9.59 Å². The van der Waals surface area contributed by atoms with E-state index in [0.717, 1.165) is 22.2 Å². The van der Waals surface area contributed by atoms with Crippen molar-refractivity contribution in [3.05, 3.63) is 82.9 Å². The van der Waals surface area contributed by atoms with Crippen LogP contribution in [0.15, 0.2) is 60.7 Å². The summed E-state index contributed by atoms with van der Waals surface area (Å²) in [5, 5.41) is 0. The molecule has 5 rings (SSSR count). The first-order valence-corrected chi connectivity index (χ1v) is 14.9. The number of amides is 1. The molecule has 0 radical (unpaired) electrons. The van der Waals surface area contributed by atoms with Crippen LogP contribution in [-0.2, 0) is 30.0 Å². The third kappa shape index (κ3) is 6.08. The number of hydrogen-bond acceptors (Lipinski definition) is 6. The number of benzene rings is 3. The zero-order valence-electron chi connectivity index (χ0n) is 26.7. The number of fused-ring (bicyclic) bond motifs is 3. The molecule has 1 fully saturated rings. The van der Waals surface area contributed by atoms with Gasteiger partial charge in [0.05, 0.1) is 17.6 Å². The monoisotopic (exact) mass is 583 g/mol. The topological polar surface area (TPSA) is 74.3 Å². The molecule has 1 aliphatic heterocycles. The van der Waals surface area contributed by atoms with Gasteiger partial charge in [0, 0.05) is 18.7 Å². The first-order valence-electron chi connectivity index (χ1n) is 14.9. The molecule has 226 valence electrons. The lowest BCUT2D eigenvalue weighted by molar-refractivity contribution is -0.153. The van der Waals surface area contributed by atoms with Crippen LogP contribution in [0, 0.1) is 6.92 Å². The van der Waals surface area contributed by atoms with Gasteiger partial charge in [0.25, 0.3) is 0 Å². The second-order valence-electron chi connectivity index (χ2n) is 13.5. The van der Waals surface area contributed by atoms with Crippen LogP contribution in [-0.4, -0.2) is 49.6 Å². The Morgan fingerprint density at radius 3 is 1.98 bits per heavy atom. The summed E-state index contributed by atoms with van der Waals surface area (Å²) in [5.41, 5.74) is 5.80. The van der Waals surface area contributed by atoms with Crippen molar-refractivity contribution in [1.82, 2.24) is 0 Å². The quantitative estimate of drug-likeness (QED) is 0.242. The Bertz CT molecular complexity index is 1490. The van der Waals surface area contributed by atoms with Crippen LogP contribution in [0.1, 0.15) is 76.6 Å². The minimum atomic E-state index is -0.668. The van der Waals surface area contributed by atoms with Gasteiger partial charge in [-0.1, -0.05) is 54.6 Å². The maximum atomic E-state index is 13.6. The zero-order valence-corrected chi connectivity index (χ0v) is 26.7. The molecule has 3 aromatic rings. The molecule has 1 amide bonds. The van der Waals surface area contributed by atoms with Crippen molar-refractivity contribution < 1.29 is 28.4 Å². The second kappa shape index (κ2) is 11.1. The Kier molecular flexibility index (Phi) is 7.99. The van der Waals surface area contributed by atoms with E-state index in [1.54, 1.807) is 7.05 Å². The first kappa shape index (κ1) is 30.8. The summed E-state index contributed by atoms with van der Waals surface area (Å²) in [6.45, 7) is 15.6. The predicted octanol–water partition coefficient (Wildman–Crippen LogP) is 6.56. The number of carbonyl (C=O) groups is 2. The Morgan fingerprint density at radius 1 is 0.907 bits per heavy atom. The second-order valence-corrected chi connectivity index (χ2v) is 13.5. The van der Waals surface area contributed by atoms with Crippen LogP contribution in [0.2, 0.25) is 0 Å². The average Bonchev–Trinajstić information content (AvgIpc) is 3.35. The SMILES string of the molecule is Cc1c(B2OC(C)(C)C(C)(C)O2)cc(CC(=O)OC(C)(C)C)cc1N(C)C(=O)OCC1c2ccccc2-c2ccccc21. The number of ether oxygens (including phenoxy) is 2. The largest absolute Gasteiger partial charge is 0.495 e. The normalized spacial score (nSPS) is 16.9. The summed E-state index contributed by atoms with van der Waals surface area (Å²) in [7, 11) is 1.02. The molecule has 0 bridgehead atoms. The lowest BCUT2D eigenvalue weighted by atomic mass is 9.74. The molecule has 0 unspecified atom stereocenters. The third-order valence-corrected chi connectivity index (χ3v) is 8.73. The summed E-state index contributed by atoms with van der Waals surface area (Å²) < 4.78 is 24.3. The van der Waals surface area contributed by atoms with Crippen LogP contribution in [0.3, 0.4) is 0 Å². The van der Waals surface area contributed by atoms with E-state index < -0.39 is 30.0 Å². The van der Waals surface area contributed by atoms with Gasteiger partial charge in [0.1, 0.15) is 12.2 Å². The van der Waals surface area contributed by atoms with Gasteiger partial charge in [-0.2, -0.15) is 0 Å². The number of nitrogens with zero attached hydrogens (tertiary/aromatic N) is 1. The van der Waals surface area contributed by atoms with Gasteiger partial charge in [0.15, 0.2) is 0 Å². The molecule has 1 aliphatic carbocycles. The van der Waals surface area contributed by atoms with Crippen molar-refractivity contribution in [2.45, 2.75) is 84.5 Å². The molecule has 0 N–H and O–H groups in total. The van der Waals surface area contributed by atoms with Crippen LogP contribution in [0.4, 0.5) is 10.5 Å². The highest BCUT2D eigenvalue weighted by Crippen LogP contribution is 2.44. The number of carbonyl (C=O) groups excluding carboxylic acids is 2. The van der Waals surface area contributed by atoms with Crippen molar-refractivity contribution >= 4 is 30.3 Å². The molecular formula is C35H42BNO6. The maximum absolute atomic E-state index is 13.6. The fourth-order valence-electron chi connectivity index (χ4n) is 5.78. The molecule has 0 saturated carbocycles. The molecule has 0 spiro atoms. The lowest BCUT2D eigenvalue weighted by Gasteiger charge is -2.32. The Balaban J connectivity index is 1.43.